The van der Waals surface area contributed by atoms with E-state index in [1.807, 2.05) is 0 Å². The van der Waals surface area contributed by atoms with E-state index >= 15 is 0 Å². The molecule has 0 atom stereocenters. The Kier molecular flexibility index (Phi) is 5.05. The van der Waals surface area contributed by atoms with E-state index in [0.717, 1.165) is 12.1 Å². The number of aromatic nitrogens is 3. The summed E-state index contributed by atoms with van der Waals surface area (Å²) in [6, 6.07) is 1.56. The first-order valence-corrected chi connectivity index (χ1v) is 10.0. The molecule has 1 aliphatic rings. The van der Waals surface area contributed by atoms with Gasteiger partial charge in [-0.3, -0.25) is 4.98 Å². The van der Waals surface area contributed by atoms with Gasteiger partial charge in [0.2, 0.25) is 6.29 Å². The molecule has 0 spiro atoms. The van der Waals surface area contributed by atoms with Gasteiger partial charge < -0.3 is 14.0 Å². The van der Waals surface area contributed by atoms with Crippen molar-refractivity contribution in [1.29, 1.82) is 0 Å². The Morgan fingerprint density at radius 1 is 1.29 bits per heavy atom. The smallest absolute Gasteiger partial charge is 0.200 e. The third kappa shape index (κ3) is 3.26. The second kappa shape index (κ2) is 6.91. The molecule has 9 heteroatoms. The van der Waals surface area contributed by atoms with Gasteiger partial charge in [0.1, 0.15) is 5.69 Å². The summed E-state index contributed by atoms with van der Waals surface area (Å²) in [6.45, 7) is 2.85. The Labute approximate surface area is 149 Å². The van der Waals surface area contributed by atoms with Crippen molar-refractivity contribution in [3.05, 3.63) is 28.6 Å². The molecule has 1 aliphatic heterocycles. The number of rotatable bonds is 4. The molecule has 3 heterocycles. The molecule has 0 saturated carbocycles. The lowest BCUT2D eigenvalue weighted by Gasteiger charge is -2.23. The van der Waals surface area contributed by atoms with Gasteiger partial charge in [0.25, 0.3) is 0 Å². The SMILES string of the molecule is CCS(=O)(=O)c1cc(Br)cnc1-c1ncc(C2OCCCO2)n1C. The molecule has 2 aromatic rings. The Bertz CT molecular complexity index is 844. The maximum atomic E-state index is 12.4. The molecular weight excluding hydrogens is 398 g/mol. The Balaban J connectivity index is 2.09. The molecule has 0 N–H and O–H groups in total. The highest BCUT2D eigenvalue weighted by Crippen LogP contribution is 2.31. The van der Waals surface area contributed by atoms with E-state index in [1.54, 1.807) is 37.0 Å². The summed E-state index contributed by atoms with van der Waals surface area (Å²) in [7, 11) is -1.64. The van der Waals surface area contributed by atoms with E-state index in [0.29, 0.717) is 29.2 Å². The van der Waals surface area contributed by atoms with Crippen LogP contribution in [-0.4, -0.2) is 41.9 Å². The van der Waals surface area contributed by atoms with Gasteiger partial charge in [0.05, 0.1) is 35.8 Å². The molecular formula is C15H18BrN3O4S. The van der Waals surface area contributed by atoms with E-state index in [1.165, 1.54) is 0 Å². The fraction of sp³-hybridized carbons (Fsp3) is 0.467. The molecule has 0 amide bonds. The third-order valence-electron chi connectivity index (χ3n) is 3.84. The van der Waals surface area contributed by atoms with Gasteiger partial charge in [-0.1, -0.05) is 6.92 Å². The fourth-order valence-corrected chi connectivity index (χ4v) is 4.04. The van der Waals surface area contributed by atoms with Gasteiger partial charge >= 0.3 is 0 Å². The zero-order chi connectivity index (χ0) is 17.3. The molecule has 0 bridgehead atoms. The highest BCUT2D eigenvalue weighted by atomic mass is 79.9. The van der Waals surface area contributed by atoms with E-state index in [4.69, 9.17) is 9.47 Å². The zero-order valence-electron chi connectivity index (χ0n) is 13.4. The Morgan fingerprint density at radius 2 is 2.00 bits per heavy atom. The van der Waals surface area contributed by atoms with E-state index in [2.05, 4.69) is 25.9 Å². The summed E-state index contributed by atoms with van der Waals surface area (Å²) in [5.41, 5.74) is 1.05. The second-order valence-corrected chi connectivity index (χ2v) is 8.56. The predicted molar refractivity (Wildman–Crippen MR) is 91.1 cm³/mol. The minimum atomic E-state index is -3.44. The highest BCUT2D eigenvalue weighted by Gasteiger charge is 2.26. The van der Waals surface area contributed by atoms with Crippen molar-refractivity contribution in [2.75, 3.05) is 19.0 Å². The van der Waals surface area contributed by atoms with Gasteiger partial charge in [-0.05, 0) is 28.4 Å². The van der Waals surface area contributed by atoms with Crippen molar-refractivity contribution in [3.8, 4) is 11.5 Å². The van der Waals surface area contributed by atoms with Crippen LogP contribution >= 0.6 is 15.9 Å². The van der Waals surface area contributed by atoms with Crippen LogP contribution in [0.2, 0.25) is 0 Å². The van der Waals surface area contributed by atoms with Crippen LogP contribution in [0.5, 0.6) is 0 Å². The first-order chi connectivity index (χ1) is 11.4. The first-order valence-electron chi connectivity index (χ1n) is 7.57. The lowest BCUT2D eigenvalue weighted by Crippen LogP contribution is -2.20. The van der Waals surface area contributed by atoms with Crippen LogP contribution in [0.15, 0.2) is 27.8 Å². The van der Waals surface area contributed by atoms with Crippen molar-refractivity contribution >= 4 is 25.8 Å². The summed E-state index contributed by atoms with van der Waals surface area (Å²) < 4.78 is 38.4. The normalized spacial score (nSPS) is 16.5. The summed E-state index contributed by atoms with van der Waals surface area (Å²) in [5, 5.41) is 0. The average molecular weight is 416 g/mol. The van der Waals surface area contributed by atoms with Crippen molar-refractivity contribution in [1.82, 2.24) is 14.5 Å². The van der Waals surface area contributed by atoms with Crippen LogP contribution < -0.4 is 0 Å². The minimum Gasteiger partial charge on any atom is -0.347 e. The maximum absolute atomic E-state index is 12.4. The second-order valence-electron chi connectivity index (χ2n) is 5.40. The molecule has 7 nitrogen and oxygen atoms in total. The largest absolute Gasteiger partial charge is 0.347 e. The molecule has 2 aromatic heterocycles. The van der Waals surface area contributed by atoms with Crippen molar-refractivity contribution < 1.29 is 17.9 Å². The number of hydrogen-bond donors (Lipinski definition) is 0. The summed E-state index contributed by atoms with van der Waals surface area (Å²) in [6.07, 6.45) is 3.56. The summed E-state index contributed by atoms with van der Waals surface area (Å²) >= 11 is 3.28. The fourth-order valence-electron chi connectivity index (χ4n) is 2.50. The molecule has 130 valence electrons. The number of nitrogens with zero attached hydrogens (tertiary/aromatic N) is 3. The topological polar surface area (TPSA) is 83.3 Å². The molecule has 0 unspecified atom stereocenters. The van der Waals surface area contributed by atoms with E-state index in [9.17, 15) is 8.42 Å². The standard InChI is InChI=1S/C15H18BrN3O4S/c1-3-24(20,21)12-7-10(16)8-17-13(12)14-18-9-11(19(14)2)15-22-5-4-6-23-15/h7-9,15H,3-6H2,1-2H3. The average Bonchev–Trinajstić information content (AvgIpc) is 2.97. The number of sulfone groups is 1. The van der Waals surface area contributed by atoms with Crippen molar-refractivity contribution in [2.45, 2.75) is 24.5 Å². The van der Waals surface area contributed by atoms with Gasteiger partial charge in [-0.15, -0.1) is 0 Å². The zero-order valence-corrected chi connectivity index (χ0v) is 15.8. The Hall–Kier alpha value is -1.29. The van der Waals surface area contributed by atoms with Crippen LogP contribution in [0.3, 0.4) is 0 Å². The molecule has 0 aliphatic carbocycles. The molecule has 24 heavy (non-hydrogen) atoms. The molecule has 0 aromatic carbocycles. The lowest BCUT2D eigenvalue weighted by atomic mass is 10.3. The van der Waals surface area contributed by atoms with Crippen LogP contribution in [0.1, 0.15) is 25.3 Å². The maximum Gasteiger partial charge on any atom is 0.200 e. The van der Waals surface area contributed by atoms with Crippen LogP contribution in [0.4, 0.5) is 0 Å². The van der Waals surface area contributed by atoms with Gasteiger partial charge in [-0.2, -0.15) is 0 Å². The van der Waals surface area contributed by atoms with Crippen molar-refractivity contribution in [3.63, 3.8) is 0 Å². The summed E-state index contributed by atoms with van der Waals surface area (Å²) in [5.74, 6) is 0.451. The molecule has 0 radical (unpaired) electrons. The highest BCUT2D eigenvalue weighted by molar-refractivity contribution is 9.10. The minimum absolute atomic E-state index is 0.00966. The quantitative estimate of drug-likeness (QED) is 0.762. The number of ether oxygens (including phenoxy) is 2. The number of halogens is 1. The lowest BCUT2D eigenvalue weighted by molar-refractivity contribution is -0.186. The number of pyridine rings is 1. The van der Waals surface area contributed by atoms with Crippen LogP contribution in [0, 0.1) is 0 Å². The third-order valence-corrected chi connectivity index (χ3v) is 6.01. The predicted octanol–water partition coefficient (Wildman–Crippen LogP) is 2.47. The molecule has 1 fully saturated rings. The van der Waals surface area contributed by atoms with Gasteiger partial charge in [0.15, 0.2) is 15.7 Å². The van der Waals surface area contributed by atoms with Gasteiger partial charge in [0, 0.05) is 17.7 Å². The summed E-state index contributed by atoms with van der Waals surface area (Å²) in [4.78, 5) is 8.81. The van der Waals surface area contributed by atoms with E-state index in [-0.39, 0.29) is 10.6 Å². The van der Waals surface area contributed by atoms with E-state index < -0.39 is 16.1 Å². The molecule has 1 saturated heterocycles. The first kappa shape index (κ1) is 17.5. The molecule has 3 rings (SSSR count). The Morgan fingerprint density at radius 3 is 2.67 bits per heavy atom. The number of imidazole rings is 1. The number of hydrogen-bond acceptors (Lipinski definition) is 6. The monoisotopic (exact) mass is 415 g/mol. The van der Waals surface area contributed by atoms with Crippen LogP contribution in [0.25, 0.3) is 11.5 Å². The van der Waals surface area contributed by atoms with Crippen LogP contribution in [-0.2, 0) is 26.4 Å². The van der Waals surface area contributed by atoms with Gasteiger partial charge in [-0.25, -0.2) is 13.4 Å². The van der Waals surface area contributed by atoms with Crippen molar-refractivity contribution in [2.24, 2.45) is 7.05 Å².